The van der Waals surface area contributed by atoms with Gasteiger partial charge in [0, 0.05) is 12.3 Å². The number of aliphatic hydroxyl groups excluding tert-OH is 1. The maximum atomic E-state index is 9.32. The average Bonchev–Trinajstić information content (AvgIpc) is 2.53. The molecule has 0 amide bonds. The van der Waals surface area contributed by atoms with Crippen molar-refractivity contribution in [1.82, 2.24) is 15.5 Å². The quantitative estimate of drug-likeness (QED) is 0.673. The fourth-order valence-electron chi connectivity index (χ4n) is 0.688. The molecule has 1 rings (SSSR count). The molecule has 6 heteroatoms. The second kappa shape index (κ2) is 5.47. The van der Waals surface area contributed by atoms with E-state index in [1.807, 2.05) is 7.05 Å². The van der Waals surface area contributed by atoms with Crippen molar-refractivity contribution in [3.63, 3.8) is 0 Å². The number of nitrogens with one attached hydrogen (secondary N) is 1. The zero-order valence-electron chi connectivity index (χ0n) is 6.73. The number of nitrogens with zero attached hydrogens (tertiary/aromatic N) is 2. The highest BCUT2D eigenvalue weighted by Gasteiger charge is 2.04. The zero-order chi connectivity index (χ0) is 8.81. The number of likely N-dealkylation sites (N-methyl/N-ethyl adjacent to an activating group) is 1. The van der Waals surface area contributed by atoms with E-state index < -0.39 is 0 Å². The summed E-state index contributed by atoms with van der Waals surface area (Å²) in [4.78, 5) is 0. The Balaban J connectivity index is 2.17. The van der Waals surface area contributed by atoms with E-state index in [0.717, 1.165) is 4.34 Å². The van der Waals surface area contributed by atoms with E-state index in [1.54, 1.807) is 5.51 Å². The number of hydrogen-bond acceptors (Lipinski definition) is 6. The number of thioether (sulfide) groups is 1. The molecule has 0 aliphatic carbocycles. The lowest BCUT2D eigenvalue weighted by molar-refractivity contribution is 0.199. The van der Waals surface area contributed by atoms with Gasteiger partial charge in [0.1, 0.15) is 5.51 Å². The molecule has 0 aliphatic rings. The zero-order valence-corrected chi connectivity index (χ0v) is 8.36. The van der Waals surface area contributed by atoms with Gasteiger partial charge >= 0.3 is 0 Å². The Kier molecular flexibility index (Phi) is 4.52. The van der Waals surface area contributed by atoms with Crippen LogP contribution in [0.2, 0.25) is 0 Å². The minimum absolute atomic E-state index is 0.316. The van der Waals surface area contributed by atoms with Crippen LogP contribution in [0.1, 0.15) is 0 Å². The summed E-state index contributed by atoms with van der Waals surface area (Å²) >= 11 is 3.02. The third-order valence-electron chi connectivity index (χ3n) is 1.18. The van der Waals surface area contributed by atoms with Gasteiger partial charge in [-0.3, -0.25) is 0 Å². The molecule has 1 heterocycles. The number of hydrogen-bond donors (Lipinski definition) is 2. The Morgan fingerprint density at radius 1 is 1.83 bits per heavy atom. The van der Waals surface area contributed by atoms with E-state index in [0.29, 0.717) is 12.3 Å². The van der Waals surface area contributed by atoms with Crippen molar-refractivity contribution in [3.8, 4) is 0 Å². The topological polar surface area (TPSA) is 58.0 Å². The molecule has 1 unspecified atom stereocenters. The maximum Gasteiger partial charge on any atom is 0.174 e. The molecule has 4 nitrogen and oxygen atoms in total. The van der Waals surface area contributed by atoms with Gasteiger partial charge in [-0.15, -0.1) is 10.2 Å². The normalized spacial score (nSPS) is 13.2. The summed E-state index contributed by atoms with van der Waals surface area (Å²) in [5.41, 5.74) is 1.69. The van der Waals surface area contributed by atoms with Crippen LogP contribution in [0.3, 0.4) is 0 Å². The average molecular weight is 205 g/mol. The summed E-state index contributed by atoms with van der Waals surface area (Å²) in [6.07, 6.45) is -0.316. The first kappa shape index (κ1) is 9.91. The van der Waals surface area contributed by atoms with Crippen molar-refractivity contribution in [1.29, 1.82) is 0 Å². The summed E-state index contributed by atoms with van der Waals surface area (Å²) in [7, 11) is 1.82. The van der Waals surface area contributed by atoms with Crippen LogP contribution in [0.4, 0.5) is 0 Å². The molecular formula is C6H11N3OS2. The lowest BCUT2D eigenvalue weighted by Crippen LogP contribution is -2.25. The van der Waals surface area contributed by atoms with Crippen LogP contribution in [0.15, 0.2) is 9.85 Å². The summed E-state index contributed by atoms with van der Waals surface area (Å²) < 4.78 is 0.908. The largest absolute Gasteiger partial charge is 0.391 e. The predicted molar refractivity (Wildman–Crippen MR) is 50.6 cm³/mol. The summed E-state index contributed by atoms with van der Waals surface area (Å²) in [5, 5.41) is 19.8. The number of rotatable bonds is 5. The molecule has 0 spiro atoms. The van der Waals surface area contributed by atoms with Crippen molar-refractivity contribution in [3.05, 3.63) is 5.51 Å². The summed E-state index contributed by atoms with van der Waals surface area (Å²) in [6.45, 7) is 0.617. The van der Waals surface area contributed by atoms with Gasteiger partial charge in [0.05, 0.1) is 6.10 Å². The first-order valence-electron chi connectivity index (χ1n) is 3.54. The minimum atomic E-state index is -0.316. The molecule has 68 valence electrons. The van der Waals surface area contributed by atoms with Crippen LogP contribution in [-0.4, -0.2) is 40.8 Å². The molecular weight excluding hydrogens is 194 g/mol. The van der Waals surface area contributed by atoms with Crippen LogP contribution in [0.25, 0.3) is 0 Å². The van der Waals surface area contributed by atoms with Crippen molar-refractivity contribution in [2.24, 2.45) is 0 Å². The highest BCUT2D eigenvalue weighted by molar-refractivity contribution is 8.01. The van der Waals surface area contributed by atoms with Crippen LogP contribution < -0.4 is 5.32 Å². The van der Waals surface area contributed by atoms with Gasteiger partial charge in [0.15, 0.2) is 4.34 Å². The molecule has 0 aromatic carbocycles. The van der Waals surface area contributed by atoms with E-state index in [-0.39, 0.29) is 6.10 Å². The fourth-order valence-corrected chi connectivity index (χ4v) is 2.13. The van der Waals surface area contributed by atoms with Crippen LogP contribution in [0, 0.1) is 0 Å². The van der Waals surface area contributed by atoms with Crippen molar-refractivity contribution >= 4 is 23.1 Å². The summed E-state index contributed by atoms with van der Waals surface area (Å²) in [6, 6.07) is 0. The summed E-state index contributed by atoms with van der Waals surface area (Å²) in [5.74, 6) is 0.663. The third kappa shape index (κ3) is 3.48. The van der Waals surface area contributed by atoms with E-state index in [2.05, 4.69) is 15.5 Å². The SMILES string of the molecule is CNCC(O)CSc1nncs1. The monoisotopic (exact) mass is 205 g/mol. The van der Waals surface area contributed by atoms with Gasteiger partial charge in [0.2, 0.25) is 0 Å². The van der Waals surface area contributed by atoms with Crippen LogP contribution in [0.5, 0.6) is 0 Å². The Labute approximate surface area is 79.4 Å². The van der Waals surface area contributed by atoms with Gasteiger partial charge in [-0.05, 0) is 7.05 Å². The molecule has 0 saturated carbocycles. The molecule has 2 N–H and O–H groups in total. The Morgan fingerprint density at radius 2 is 2.67 bits per heavy atom. The first-order chi connectivity index (χ1) is 5.83. The number of aromatic nitrogens is 2. The van der Waals surface area contributed by atoms with E-state index >= 15 is 0 Å². The van der Waals surface area contributed by atoms with E-state index in [1.165, 1.54) is 23.1 Å². The molecule has 0 radical (unpaired) electrons. The molecule has 0 fully saturated rings. The smallest absolute Gasteiger partial charge is 0.174 e. The second-order valence-electron chi connectivity index (χ2n) is 2.23. The molecule has 12 heavy (non-hydrogen) atoms. The fraction of sp³-hybridized carbons (Fsp3) is 0.667. The standard InChI is InChI=1S/C6H11N3OS2/c1-7-2-5(10)3-11-6-9-8-4-12-6/h4-5,7,10H,2-3H2,1H3. The lowest BCUT2D eigenvalue weighted by atomic mass is 10.4. The Bertz CT molecular complexity index is 205. The molecule has 0 bridgehead atoms. The van der Waals surface area contributed by atoms with Crippen molar-refractivity contribution in [2.45, 2.75) is 10.4 Å². The molecule has 1 aromatic heterocycles. The highest BCUT2D eigenvalue weighted by atomic mass is 32.2. The van der Waals surface area contributed by atoms with E-state index in [9.17, 15) is 5.11 Å². The molecule has 0 saturated heterocycles. The first-order valence-corrected chi connectivity index (χ1v) is 5.41. The van der Waals surface area contributed by atoms with Crippen molar-refractivity contribution < 1.29 is 5.11 Å². The maximum absolute atomic E-state index is 9.32. The van der Waals surface area contributed by atoms with Gasteiger partial charge in [0.25, 0.3) is 0 Å². The van der Waals surface area contributed by atoms with Crippen LogP contribution >= 0.6 is 23.1 Å². The van der Waals surface area contributed by atoms with Gasteiger partial charge in [-0.25, -0.2) is 0 Å². The van der Waals surface area contributed by atoms with E-state index in [4.69, 9.17) is 0 Å². The van der Waals surface area contributed by atoms with Crippen LogP contribution in [-0.2, 0) is 0 Å². The van der Waals surface area contributed by atoms with Gasteiger partial charge in [-0.2, -0.15) is 0 Å². The second-order valence-corrected chi connectivity index (χ2v) is 4.33. The predicted octanol–water partition coefficient (Wildman–Crippen LogP) is 0.210. The Hall–Kier alpha value is -0.170. The van der Waals surface area contributed by atoms with Crippen molar-refractivity contribution in [2.75, 3.05) is 19.3 Å². The molecule has 1 atom stereocenters. The van der Waals surface area contributed by atoms with Gasteiger partial charge in [-0.1, -0.05) is 23.1 Å². The Morgan fingerprint density at radius 3 is 3.25 bits per heavy atom. The number of aliphatic hydroxyl groups is 1. The molecule has 0 aliphatic heterocycles. The minimum Gasteiger partial charge on any atom is -0.391 e. The third-order valence-corrected chi connectivity index (χ3v) is 3.18. The lowest BCUT2D eigenvalue weighted by Gasteiger charge is -2.06. The molecule has 1 aromatic rings. The van der Waals surface area contributed by atoms with Gasteiger partial charge < -0.3 is 10.4 Å². The highest BCUT2D eigenvalue weighted by Crippen LogP contribution is 2.19.